The topological polar surface area (TPSA) is 55.4 Å². The monoisotopic (exact) mass is 439 g/mol. The number of carbonyl (C=O) groups excluding carboxylic acids is 2. The second-order valence-corrected chi connectivity index (χ2v) is 7.13. The number of carbonyl (C=O) groups is 2. The van der Waals surface area contributed by atoms with E-state index in [1.165, 1.54) is 19.2 Å². The van der Waals surface area contributed by atoms with Crippen molar-refractivity contribution in [1.82, 2.24) is 5.32 Å². The molecule has 172 valence electrons. The standard InChI is InChI=1S/C18H28F7NO3/c1-4-5-6-7-8-9-10-11-29-14(27)13(12(2)3)26-15(28)16(19,20)17(21,22)18(23,24)25/h12-13H,4-11H2,1-3H3,(H,26,28). The van der Waals surface area contributed by atoms with Gasteiger partial charge < -0.3 is 10.1 Å². The van der Waals surface area contributed by atoms with Crippen LogP contribution in [0.3, 0.4) is 0 Å². The Kier molecular flexibility index (Phi) is 11.0. The summed E-state index contributed by atoms with van der Waals surface area (Å²) in [6.45, 7) is 4.57. The number of hydrogen-bond donors (Lipinski definition) is 1. The first-order valence-corrected chi connectivity index (χ1v) is 9.50. The molecule has 0 aromatic heterocycles. The molecule has 11 heteroatoms. The van der Waals surface area contributed by atoms with E-state index in [0.717, 1.165) is 38.5 Å². The zero-order valence-corrected chi connectivity index (χ0v) is 16.7. The maximum Gasteiger partial charge on any atom is 0.460 e. The highest BCUT2D eigenvalue weighted by Crippen LogP contribution is 2.46. The van der Waals surface area contributed by atoms with E-state index in [0.29, 0.717) is 6.42 Å². The summed E-state index contributed by atoms with van der Waals surface area (Å²) in [4.78, 5) is 23.4. The fraction of sp³-hybridized carbons (Fsp3) is 0.889. The molecule has 0 saturated heterocycles. The van der Waals surface area contributed by atoms with Crippen LogP contribution in [0.15, 0.2) is 0 Å². The van der Waals surface area contributed by atoms with Crippen molar-refractivity contribution in [2.75, 3.05) is 6.61 Å². The van der Waals surface area contributed by atoms with Crippen molar-refractivity contribution in [3.05, 3.63) is 0 Å². The molecule has 0 radical (unpaired) electrons. The average Bonchev–Trinajstić information content (AvgIpc) is 2.59. The van der Waals surface area contributed by atoms with Crippen LogP contribution in [0.5, 0.6) is 0 Å². The number of ether oxygens (including phenoxy) is 1. The van der Waals surface area contributed by atoms with E-state index in [1.807, 2.05) is 0 Å². The summed E-state index contributed by atoms with van der Waals surface area (Å²) in [5.74, 6) is -17.6. The highest BCUT2D eigenvalue weighted by atomic mass is 19.4. The number of alkyl halides is 7. The molecular weight excluding hydrogens is 411 g/mol. The Balaban J connectivity index is 4.74. The van der Waals surface area contributed by atoms with E-state index >= 15 is 0 Å². The van der Waals surface area contributed by atoms with Gasteiger partial charge in [0, 0.05) is 0 Å². The quantitative estimate of drug-likeness (QED) is 0.242. The lowest BCUT2D eigenvalue weighted by atomic mass is 10.0. The van der Waals surface area contributed by atoms with Gasteiger partial charge in [-0.1, -0.05) is 59.3 Å². The van der Waals surface area contributed by atoms with Gasteiger partial charge in [0.25, 0.3) is 5.91 Å². The van der Waals surface area contributed by atoms with Crippen molar-refractivity contribution in [3.8, 4) is 0 Å². The molecule has 0 saturated carbocycles. The summed E-state index contributed by atoms with van der Waals surface area (Å²) < 4.78 is 94.2. The molecule has 0 heterocycles. The van der Waals surface area contributed by atoms with E-state index < -0.39 is 41.9 Å². The van der Waals surface area contributed by atoms with Crippen LogP contribution in [0.1, 0.15) is 65.7 Å². The zero-order chi connectivity index (χ0) is 22.9. The summed E-state index contributed by atoms with van der Waals surface area (Å²) >= 11 is 0. The van der Waals surface area contributed by atoms with Gasteiger partial charge in [0.2, 0.25) is 0 Å². The average molecular weight is 439 g/mol. The summed E-state index contributed by atoms with van der Waals surface area (Å²) in [5, 5.41) is 1.27. The minimum atomic E-state index is -6.64. The van der Waals surface area contributed by atoms with E-state index in [4.69, 9.17) is 4.74 Å². The summed E-state index contributed by atoms with van der Waals surface area (Å²) in [6, 6.07) is -1.79. The molecule has 0 aliphatic rings. The van der Waals surface area contributed by atoms with Crippen LogP contribution < -0.4 is 5.32 Å². The molecule has 1 N–H and O–H groups in total. The molecule has 0 fully saturated rings. The summed E-state index contributed by atoms with van der Waals surface area (Å²) in [6.07, 6.45) is -0.232. The highest BCUT2D eigenvalue weighted by molar-refractivity contribution is 5.89. The van der Waals surface area contributed by atoms with E-state index in [-0.39, 0.29) is 6.61 Å². The normalized spacial score (nSPS) is 14.0. The Bertz CT molecular complexity index is 522. The molecule has 1 unspecified atom stereocenters. The van der Waals surface area contributed by atoms with Gasteiger partial charge in [0.05, 0.1) is 6.61 Å². The van der Waals surface area contributed by atoms with E-state index in [1.54, 1.807) is 0 Å². The predicted octanol–water partition coefficient (Wildman–Crippen LogP) is 5.25. The maximum atomic E-state index is 13.4. The van der Waals surface area contributed by atoms with Gasteiger partial charge in [0.1, 0.15) is 6.04 Å². The van der Waals surface area contributed by atoms with Crippen molar-refractivity contribution in [1.29, 1.82) is 0 Å². The fourth-order valence-corrected chi connectivity index (χ4v) is 2.37. The molecule has 0 aliphatic heterocycles. The number of amides is 1. The second kappa shape index (κ2) is 11.6. The highest BCUT2D eigenvalue weighted by Gasteiger charge is 2.76. The van der Waals surface area contributed by atoms with E-state index in [9.17, 15) is 40.3 Å². The van der Waals surface area contributed by atoms with Crippen LogP contribution in [0.4, 0.5) is 30.7 Å². The lowest BCUT2D eigenvalue weighted by Crippen LogP contribution is -2.62. The molecule has 1 amide bonds. The number of esters is 1. The molecule has 0 spiro atoms. The molecule has 0 rings (SSSR count). The van der Waals surface area contributed by atoms with Crippen LogP contribution >= 0.6 is 0 Å². The number of unbranched alkanes of at least 4 members (excludes halogenated alkanes) is 6. The number of hydrogen-bond acceptors (Lipinski definition) is 3. The van der Waals surface area contributed by atoms with Crippen molar-refractivity contribution in [3.63, 3.8) is 0 Å². The minimum Gasteiger partial charge on any atom is -0.464 e. The van der Waals surface area contributed by atoms with Crippen molar-refractivity contribution < 1.29 is 45.1 Å². The van der Waals surface area contributed by atoms with Crippen molar-refractivity contribution in [2.45, 2.75) is 89.8 Å². The van der Waals surface area contributed by atoms with Gasteiger partial charge in [-0.2, -0.15) is 30.7 Å². The minimum absolute atomic E-state index is 0.0825. The molecule has 0 bridgehead atoms. The summed E-state index contributed by atoms with van der Waals surface area (Å²) in [7, 11) is 0. The van der Waals surface area contributed by atoms with Gasteiger partial charge in [0.15, 0.2) is 0 Å². The fourth-order valence-electron chi connectivity index (χ4n) is 2.37. The van der Waals surface area contributed by atoms with Gasteiger partial charge >= 0.3 is 24.0 Å². The molecule has 0 aliphatic carbocycles. The van der Waals surface area contributed by atoms with Crippen LogP contribution in [0.25, 0.3) is 0 Å². The maximum absolute atomic E-state index is 13.4. The number of halogens is 7. The Morgan fingerprint density at radius 3 is 1.79 bits per heavy atom. The first kappa shape index (κ1) is 27.5. The molecule has 1 atom stereocenters. The molecule has 0 aromatic rings. The zero-order valence-electron chi connectivity index (χ0n) is 16.7. The molecule has 4 nitrogen and oxygen atoms in total. The Labute approximate surface area is 165 Å². The van der Waals surface area contributed by atoms with Crippen LogP contribution in [0, 0.1) is 5.92 Å². The van der Waals surface area contributed by atoms with Crippen LogP contribution in [0.2, 0.25) is 0 Å². The number of nitrogens with one attached hydrogen (secondary N) is 1. The Morgan fingerprint density at radius 2 is 1.34 bits per heavy atom. The van der Waals surface area contributed by atoms with Crippen LogP contribution in [-0.4, -0.2) is 42.5 Å². The lowest BCUT2D eigenvalue weighted by Gasteiger charge is -2.29. The van der Waals surface area contributed by atoms with Crippen molar-refractivity contribution in [2.24, 2.45) is 5.92 Å². The third-order valence-corrected chi connectivity index (χ3v) is 4.23. The molecule has 0 aromatic carbocycles. The van der Waals surface area contributed by atoms with Gasteiger partial charge in [-0.05, 0) is 12.3 Å². The van der Waals surface area contributed by atoms with E-state index in [2.05, 4.69) is 6.92 Å². The van der Waals surface area contributed by atoms with Crippen molar-refractivity contribution >= 4 is 11.9 Å². The van der Waals surface area contributed by atoms with Gasteiger partial charge in [-0.25, -0.2) is 4.79 Å². The Hall–Kier alpha value is -1.55. The predicted molar refractivity (Wildman–Crippen MR) is 91.7 cm³/mol. The van der Waals surface area contributed by atoms with Crippen LogP contribution in [-0.2, 0) is 14.3 Å². The van der Waals surface area contributed by atoms with Gasteiger partial charge in [-0.3, -0.25) is 4.79 Å². The Morgan fingerprint density at radius 1 is 0.862 bits per heavy atom. The largest absolute Gasteiger partial charge is 0.464 e. The lowest BCUT2D eigenvalue weighted by molar-refractivity contribution is -0.344. The molecular formula is C18H28F7NO3. The first-order valence-electron chi connectivity index (χ1n) is 9.50. The SMILES string of the molecule is CCCCCCCCCOC(=O)C(NC(=O)C(F)(F)C(F)(F)C(F)(F)F)C(C)C. The third kappa shape index (κ3) is 8.00. The third-order valence-electron chi connectivity index (χ3n) is 4.23. The second-order valence-electron chi connectivity index (χ2n) is 7.13. The summed E-state index contributed by atoms with van der Waals surface area (Å²) in [5.41, 5.74) is 0. The smallest absolute Gasteiger partial charge is 0.460 e. The number of rotatable bonds is 13. The first-order chi connectivity index (χ1) is 13.2. The molecule has 29 heavy (non-hydrogen) atoms. The van der Waals surface area contributed by atoms with Gasteiger partial charge in [-0.15, -0.1) is 0 Å².